The molecule has 0 radical (unpaired) electrons. The zero-order valence-electron chi connectivity index (χ0n) is 7.69. The number of carboxylic acid groups (broad SMARTS) is 1. The van der Waals surface area contributed by atoms with Crippen LogP contribution in [0.5, 0.6) is 0 Å². The number of carbonyl (C=O) groups excluding carboxylic acids is 1. The van der Waals surface area contributed by atoms with Gasteiger partial charge in [0.15, 0.2) is 5.69 Å². The number of nitrogens with zero attached hydrogens (tertiary/aromatic N) is 1. The highest BCUT2D eigenvalue weighted by atomic mass is 16.4. The predicted octanol–water partition coefficient (Wildman–Crippen LogP) is -0.547. The van der Waals surface area contributed by atoms with Gasteiger partial charge >= 0.3 is 12.0 Å². The van der Waals surface area contributed by atoms with Crippen molar-refractivity contribution in [2.45, 2.75) is 0 Å². The molecule has 1 aromatic rings. The molecule has 0 saturated carbocycles. The number of oxazole rings is 1. The smallest absolute Gasteiger partial charge is 0.357 e. The van der Waals surface area contributed by atoms with E-state index in [4.69, 9.17) is 15.3 Å². The number of carboxylic acids is 1. The number of rotatable bonds is 5. The van der Waals surface area contributed by atoms with Crippen LogP contribution in [0.1, 0.15) is 10.5 Å². The van der Waals surface area contributed by atoms with E-state index < -0.39 is 12.0 Å². The van der Waals surface area contributed by atoms with Crippen LogP contribution in [0.3, 0.4) is 0 Å². The van der Waals surface area contributed by atoms with Gasteiger partial charge in [-0.05, 0) is 0 Å². The fraction of sp³-hybridized carbons (Fsp3) is 0.286. The van der Waals surface area contributed by atoms with Gasteiger partial charge in [-0.2, -0.15) is 4.98 Å². The number of carbonyl (C=O) groups is 2. The molecule has 5 N–H and O–H groups in total. The Balaban J connectivity index is 2.31. The standard InChI is InChI=1S/C7H10N4O4/c8-6(14)9-1-2-10-7-11-4(3-15-7)5(12)13/h3H,1-2H2,(H,10,11)(H,12,13)(H3,8,9,14). The van der Waals surface area contributed by atoms with Gasteiger partial charge in [0.1, 0.15) is 6.26 Å². The molecule has 2 amide bonds. The van der Waals surface area contributed by atoms with Crippen LogP contribution in [0.4, 0.5) is 10.8 Å². The van der Waals surface area contributed by atoms with Crippen molar-refractivity contribution < 1.29 is 19.1 Å². The molecule has 0 aromatic carbocycles. The zero-order chi connectivity index (χ0) is 11.3. The highest BCUT2D eigenvalue weighted by Crippen LogP contribution is 2.06. The SMILES string of the molecule is NC(=O)NCCNc1nc(C(=O)O)co1. The monoisotopic (exact) mass is 214 g/mol. The second kappa shape index (κ2) is 4.84. The Morgan fingerprint density at radius 1 is 1.53 bits per heavy atom. The van der Waals surface area contributed by atoms with E-state index in [1.54, 1.807) is 0 Å². The summed E-state index contributed by atoms with van der Waals surface area (Å²) in [6.07, 6.45) is 1.02. The molecular formula is C7H10N4O4. The van der Waals surface area contributed by atoms with Crippen LogP contribution in [-0.4, -0.2) is 35.2 Å². The van der Waals surface area contributed by atoms with Gasteiger partial charge in [-0.1, -0.05) is 0 Å². The van der Waals surface area contributed by atoms with E-state index >= 15 is 0 Å². The number of amides is 2. The van der Waals surface area contributed by atoms with Crippen molar-refractivity contribution in [1.29, 1.82) is 0 Å². The molecule has 0 aliphatic rings. The van der Waals surface area contributed by atoms with E-state index in [1.165, 1.54) is 0 Å². The van der Waals surface area contributed by atoms with E-state index in [1.807, 2.05) is 0 Å². The third-order valence-corrected chi connectivity index (χ3v) is 1.42. The summed E-state index contributed by atoms with van der Waals surface area (Å²) in [5.74, 6) is -1.16. The lowest BCUT2D eigenvalue weighted by molar-refractivity contribution is 0.0690. The summed E-state index contributed by atoms with van der Waals surface area (Å²) in [7, 11) is 0. The lowest BCUT2D eigenvalue weighted by Gasteiger charge is -2.01. The molecule has 8 nitrogen and oxygen atoms in total. The summed E-state index contributed by atoms with van der Waals surface area (Å²) in [6.45, 7) is 0.628. The molecule has 0 aliphatic heterocycles. The molecule has 0 atom stereocenters. The summed E-state index contributed by atoms with van der Waals surface area (Å²) in [4.78, 5) is 24.3. The highest BCUT2D eigenvalue weighted by Gasteiger charge is 2.09. The molecule has 15 heavy (non-hydrogen) atoms. The Kier molecular flexibility index (Phi) is 3.49. The number of hydrogen-bond donors (Lipinski definition) is 4. The molecule has 1 aromatic heterocycles. The van der Waals surface area contributed by atoms with Crippen molar-refractivity contribution in [1.82, 2.24) is 10.3 Å². The van der Waals surface area contributed by atoms with Crippen LogP contribution in [0.25, 0.3) is 0 Å². The van der Waals surface area contributed by atoms with Crippen molar-refractivity contribution in [2.24, 2.45) is 5.73 Å². The second-order valence-corrected chi connectivity index (χ2v) is 2.56. The minimum Gasteiger partial charge on any atom is -0.476 e. The third kappa shape index (κ3) is 3.55. The molecular weight excluding hydrogens is 204 g/mol. The summed E-state index contributed by atoms with van der Waals surface area (Å²) in [6, 6.07) is -0.547. The van der Waals surface area contributed by atoms with E-state index in [2.05, 4.69) is 15.6 Å². The zero-order valence-corrected chi connectivity index (χ0v) is 7.69. The maximum Gasteiger partial charge on any atom is 0.357 e. The minimum absolute atomic E-state index is 0.0821. The summed E-state index contributed by atoms with van der Waals surface area (Å²) in [5, 5.41) is 13.5. The van der Waals surface area contributed by atoms with Crippen molar-refractivity contribution in [2.75, 3.05) is 18.4 Å². The first-order chi connectivity index (χ1) is 7.09. The summed E-state index contributed by atoms with van der Waals surface area (Å²) in [5.41, 5.74) is 4.64. The summed E-state index contributed by atoms with van der Waals surface area (Å²) < 4.78 is 4.79. The lowest BCUT2D eigenvalue weighted by atomic mass is 10.5. The summed E-state index contributed by atoms with van der Waals surface area (Å²) >= 11 is 0. The van der Waals surface area contributed by atoms with Crippen molar-refractivity contribution in [3.05, 3.63) is 12.0 Å². The van der Waals surface area contributed by atoms with Crippen molar-refractivity contribution in [3.8, 4) is 0 Å². The van der Waals surface area contributed by atoms with Crippen LogP contribution in [-0.2, 0) is 0 Å². The first-order valence-corrected chi connectivity index (χ1v) is 4.05. The quantitative estimate of drug-likeness (QED) is 0.486. The molecule has 0 unspecified atom stereocenters. The number of hydrogen-bond acceptors (Lipinski definition) is 5. The van der Waals surface area contributed by atoms with E-state index in [0.29, 0.717) is 13.1 Å². The van der Waals surface area contributed by atoms with Crippen LogP contribution in [0.15, 0.2) is 10.7 Å². The normalized spacial score (nSPS) is 9.60. The van der Waals surface area contributed by atoms with Gasteiger partial charge in [0, 0.05) is 13.1 Å². The van der Waals surface area contributed by atoms with Gasteiger partial charge in [0.2, 0.25) is 0 Å². The van der Waals surface area contributed by atoms with Crippen LogP contribution >= 0.6 is 0 Å². The Bertz CT molecular complexity index is 362. The van der Waals surface area contributed by atoms with Gasteiger partial charge < -0.3 is 25.9 Å². The number of aromatic carboxylic acids is 1. The van der Waals surface area contributed by atoms with Gasteiger partial charge in [-0.3, -0.25) is 0 Å². The van der Waals surface area contributed by atoms with Crippen LogP contribution in [0, 0.1) is 0 Å². The topological polar surface area (TPSA) is 130 Å². The van der Waals surface area contributed by atoms with Gasteiger partial charge in [0.25, 0.3) is 6.01 Å². The van der Waals surface area contributed by atoms with E-state index in [-0.39, 0.29) is 11.7 Å². The average Bonchev–Trinajstić information content (AvgIpc) is 2.60. The van der Waals surface area contributed by atoms with Crippen molar-refractivity contribution in [3.63, 3.8) is 0 Å². The lowest BCUT2D eigenvalue weighted by Crippen LogP contribution is -2.33. The Labute approximate surface area is 84.5 Å². The van der Waals surface area contributed by atoms with E-state index in [9.17, 15) is 9.59 Å². The first kappa shape index (κ1) is 10.8. The predicted molar refractivity (Wildman–Crippen MR) is 49.5 cm³/mol. The number of nitrogens with one attached hydrogen (secondary N) is 2. The number of aromatic nitrogens is 1. The number of anilines is 1. The molecule has 8 heteroatoms. The van der Waals surface area contributed by atoms with Gasteiger partial charge in [-0.15, -0.1) is 0 Å². The highest BCUT2D eigenvalue weighted by molar-refractivity contribution is 5.85. The maximum absolute atomic E-state index is 10.4. The van der Waals surface area contributed by atoms with Gasteiger partial charge in [-0.25, -0.2) is 9.59 Å². The second-order valence-electron chi connectivity index (χ2n) is 2.56. The molecule has 0 saturated heterocycles. The Morgan fingerprint density at radius 2 is 2.27 bits per heavy atom. The number of primary amides is 1. The Morgan fingerprint density at radius 3 is 2.80 bits per heavy atom. The molecule has 1 heterocycles. The fourth-order valence-electron chi connectivity index (χ4n) is 0.808. The largest absolute Gasteiger partial charge is 0.476 e. The van der Waals surface area contributed by atoms with Crippen LogP contribution < -0.4 is 16.4 Å². The number of urea groups is 1. The van der Waals surface area contributed by atoms with Gasteiger partial charge in [0.05, 0.1) is 0 Å². The molecule has 1 rings (SSSR count). The molecule has 82 valence electrons. The first-order valence-electron chi connectivity index (χ1n) is 4.05. The van der Waals surface area contributed by atoms with Crippen molar-refractivity contribution >= 4 is 18.0 Å². The van der Waals surface area contributed by atoms with Crippen LogP contribution in [0.2, 0.25) is 0 Å². The maximum atomic E-state index is 10.4. The molecule has 0 spiro atoms. The third-order valence-electron chi connectivity index (χ3n) is 1.42. The molecule has 0 bridgehead atoms. The fourth-order valence-corrected chi connectivity index (χ4v) is 0.808. The molecule has 0 fully saturated rings. The van der Waals surface area contributed by atoms with E-state index in [0.717, 1.165) is 6.26 Å². The molecule has 0 aliphatic carbocycles. The number of nitrogens with two attached hydrogens (primary N) is 1. The minimum atomic E-state index is -1.16. The Hall–Kier alpha value is -2.25. The average molecular weight is 214 g/mol.